The molecule has 32 heavy (non-hydrogen) atoms. The Labute approximate surface area is 187 Å². The van der Waals surface area contributed by atoms with Crippen molar-refractivity contribution in [2.45, 2.75) is 77.5 Å². The largest absolute Gasteiger partial charge is 0.481 e. The smallest absolute Gasteiger partial charge is 0.326 e. The predicted molar refractivity (Wildman–Crippen MR) is 114 cm³/mol. The van der Waals surface area contributed by atoms with Crippen molar-refractivity contribution in [3.8, 4) is 0 Å². The van der Waals surface area contributed by atoms with Crippen LogP contribution in [0.15, 0.2) is 0 Å². The van der Waals surface area contributed by atoms with Gasteiger partial charge in [0.05, 0.1) is 12.6 Å². The van der Waals surface area contributed by atoms with Crippen LogP contribution in [0.3, 0.4) is 0 Å². The highest BCUT2D eigenvalue weighted by atomic mass is 16.4. The number of amides is 3. The average molecular weight is 461 g/mol. The summed E-state index contributed by atoms with van der Waals surface area (Å²) < 4.78 is 0. The van der Waals surface area contributed by atoms with Crippen LogP contribution in [0, 0.1) is 11.8 Å². The number of carboxylic acids is 2. The van der Waals surface area contributed by atoms with E-state index in [2.05, 4.69) is 16.0 Å². The number of aliphatic hydroxyl groups excluding tert-OH is 1. The van der Waals surface area contributed by atoms with Crippen LogP contribution >= 0.6 is 0 Å². The molecule has 184 valence electrons. The third kappa shape index (κ3) is 10.5. The van der Waals surface area contributed by atoms with Crippen LogP contribution in [-0.2, 0) is 24.0 Å². The minimum atomic E-state index is -1.50. The molecule has 0 saturated heterocycles. The maximum absolute atomic E-state index is 12.7. The summed E-state index contributed by atoms with van der Waals surface area (Å²) in [6, 6.07) is -4.96. The SMILES string of the molecule is CCC(C)C(N)C(=O)NC(CCC(=O)O)C(=O)NC(CO)C(=O)NC(CC(C)C)C(=O)O. The van der Waals surface area contributed by atoms with Gasteiger partial charge in [-0.3, -0.25) is 19.2 Å². The maximum Gasteiger partial charge on any atom is 0.326 e. The summed E-state index contributed by atoms with van der Waals surface area (Å²) in [6.07, 6.45) is 0.0276. The Kier molecular flexibility index (Phi) is 13.1. The number of carbonyl (C=O) groups excluding carboxylic acids is 3. The number of aliphatic hydroxyl groups is 1. The Morgan fingerprint density at radius 1 is 0.844 bits per heavy atom. The zero-order valence-electron chi connectivity index (χ0n) is 19.0. The summed E-state index contributed by atoms with van der Waals surface area (Å²) in [5, 5.41) is 34.6. The summed E-state index contributed by atoms with van der Waals surface area (Å²) in [5.41, 5.74) is 5.85. The van der Waals surface area contributed by atoms with Crippen LogP contribution in [0.5, 0.6) is 0 Å². The van der Waals surface area contributed by atoms with E-state index in [0.717, 1.165) is 0 Å². The van der Waals surface area contributed by atoms with Crippen LogP contribution in [0.2, 0.25) is 0 Å². The molecule has 0 bridgehead atoms. The Hall–Kier alpha value is -2.73. The first-order valence-electron chi connectivity index (χ1n) is 10.6. The van der Waals surface area contributed by atoms with Crippen molar-refractivity contribution in [2.75, 3.05) is 6.61 Å². The first kappa shape index (κ1) is 29.3. The zero-order valence-corrected chi connectivity index (χ0v) is 19.0. The molecule has 12 nitrogen and oxygen atoms in total. The van der Waals surface area contributed by atoms with Crippen molar-refractivity contribution in [3.05, 3.63) is 0 Å². The number of aliphatic carboxylic acids is 2. The Balaban J connectivity index is 5.34. The van der Waals surface area contributed by atoms with Crippen LogP contribution in [-0.4, -0.2) is 75.8 Å². The van der Waals surface area contributed by atoms with Gasteiger partial charge in [0, 0.05) is 6.42 Å². The van der Waals surface area contributed by atoms with Gasteiger partial charge in [0.25, 0.3) is 0 Å². The fraction of sp³-hybridized carbons (Fsp3) is 0.750. The van der Waals surface area contributed by atoms with Gasteiger partial charge >= 0.3 is 11.9 Å². The molecule has 0 aromatic carbocycles. The molecule has 5 unspecified atom stereocenters. The molecule has 8 N–H and O–H groups in total. The van der Waals surface area contributed by atoms with E-state index in [1.54, 1.807) is 20.8 Å². The Morgan fingerprint density at radius 3 is 1.78 bits per heavy atom. The molecule has 0 radical (unpaired) electrons. The fourth-order valence-electron chi connectivity index (χ4n) is 2.75. The summed E-state index contributed by atoms with van der Waals surface area (Å²) in [6.45, 7) is 6.29. The van der Waals surface area contributed by atoms with Gasteiger partial charge < -0.3 is 37.0 Å². The number of hydrogen-bond donors (Lipinski definition) is 7. The number of rotatable bonds is 15. The van der Waals surface area contributed by atoms with Crippen LogP contribution in [0.4, 0.5) is 0 Å². The highest BCUT2D eigenvalue weighted by molar-refractivity contribution is 5.94. The lowest BCUT2D eigenvalue weighted by Gasteiger charge is -2.25. The molecule has 0 aliphatic heterocycles. The average Bonchev–Trinajstić information content (AvgIpc) is 2.71. The summed E-state index contributed by atoms with van der Waals surface area (Å²) in [7, 11) is 0. The normalized spacial score (nSPS) is 15.7. The van der Waals surface area contributed by atoms with Crippen molar-refractivity contribution in [1.82, 2.24) is 16.0 Å². The molecule has 12 heteroatoms. The minimum absolute atomic E-state index is 0.0381. The fourth-order valence-corrected chi connectivity index (χ4v) is 2.75. The molecule has 0 aliphatic rings. The van der Waals surface area contributed by atoms with Crippen molar-refractivity contribution in [2.24, 2.45) is 17.6 Å². The van der Waals surface area contributed by atoms with Crippen LogP contribution < -0.4 is 21.7 Å². The lowest BCUT2D eigenvalue weighted by molar-refractivity contribution is -0.143. The third-order valence-electron chi connectivity index (χ3n) is 4.98. The molecule has 0 spiro atoms. The van der Waals surface area contributed by atoms with Gasteiger partial charge in [-0.05, 0) is 24.7 Å². The van der Waals surface area contributed by atoms with E-state index in [4.69, 9.17) is 10.8 Å². The quantitative estimate of drug-likeness (QED) is 0.156. The van der Waals surface area contributed by atoms with Gasteiger partial charge in [-0.15, -0.1) is 0 Å². The molecule has 5 atom stereocenters. The van der Waals surface area contributed by atoms with E-state index >= 15 is 0 Å². The molecule has 0 heterocycles. The van der Waals surface area contributed by atoms with Gasteiger partial charge in [0.2, 0.25) is 17.7 Å². The molecule has 0 saturated carbocycles. The second kappa shape index (κ2) is 14.4. The third-order valence-corrected chi connectivity index (χ3v) is 4.98. The van der Waals surface area contributed by atoms with Crippen LogP contribution in [0.1, 0.15) is 53.4 Å². The van der Waals surface area contributed by atoms with Gasteiger partial charge in [0.15, 0.2) is 0 Å². The highest BCUT2D eigenvalue weighted by Crippen LogP contribution is 2.08. The maximum atomic E-state index is 12.7. The van der Waals surface area contributed by atoms with Crippen LogP contribution in [0.25, 0.3) is 0 Å². The van der Waals surface area contributed by atoms with Gasteiger partial charge in [-0.25, -0.2) is 4.79 Å². The number of carboxylic acid groups (broad SMARTS) is 2. The summed E-state index contributed by atoms with van der Waals surface area (Å²) in [4.78, 5) is 59.7. The number of nitrogens with two attached hydrogens (primary N) is 1. The molecule has 0 aromatic rings. The number of carbonyl (C=O) groups is 5. The van der Waals surface area contributed by atoms with Crippen molar-refractivity contribution in [3.63, 3.8) is 0 Å². The lowest BCUT2D eigenvalue weighted by Crippen LogP contribution is -2.58. The van der Waals surface area contributed by atoms with Gasteiger partial charge in [0.1, 0.15) is 18.1 Å². The van der Waals surface area contributed by atoms with Crippen molar-refractivity contribution < 1.29 is 39.3 Å². The van der Waals surface area contributed by atoms with Gasteiger partial charge in [-0.1, -0.05) is 34.1 Å². The topological polar surface area (TPSA) is 208 Å². The zero-order chi connectivity index (χ0) is 25.0. The monoisotopic (exact) mass is 460 g/mol. The van der Waals surface area contributed by atoms with E-state index in [0.29, 0.717) is 6.42 Å². The van der Waals surface area contributed by atoms with Crippen molar-refractivity contribution in [1.29, 1.82) is 0 Å². The standard InChI is InChI=1S/C20H36N4O8/c1-5-11(4)16(21)19(30)22-12(6-7-15(26)27)17(28)24-14(9-25)18(29)23-13(20(31)32)8-10(2)3/h10-14,16,25H,5-9,21H2,1-4H3,(H,22,30)(H,23,29)(H,24,28)(H,26,27)(H,31,32). The van der Waals surface area contributed by atoms with Gasteiger partial charge in [-0.2, -0.15) is 0 Å². The minimum Gasteiger partial charge on any atom is -0.481 e. The van der Waals surface area contributed by atoms with E-state index in [1.807, 2.05) is 6.92 Å². The lowest BCUT2D eigenvalue weighted by atomic mass is 9.98. The second-order valence-corrected chi connectivity index (χ2v) is 8.18. The summed E-state index contributed by atoms with van der Waals surface area (Å²) >= 11 is 0. The second-order valence-electron chi connectivity index (χ2n) is 8.18. The van der Waals surface area contributed by atoms with E-state index in [-0.39, 0.29) is 24.7 Å². The molecular weight excluding hydrogens is 424 g/mol. The molecular formula is C20H36N4O8. The van der Waals surface area contributed by atoms with E-state index in [9.17, 15) is 34.2 Å². The highest BCUT2D eigenvalue weighted by Gasteiger charge is 2.31. The molecule has 0 fully saturated rings. The Morgan fingerprint density at radius 2 is 1.34 bits per heavy atom. The molecule has 3 amide bonds. The van der Waals surface area contributed by atoms with E-state index in [1.165, 1.54) is 0 Å². The van der Waals surface area contributed by atoms with E-state index < -0.39 is 66.9 Å². The van der Waals surface area contributed by atoms with Crippen molar-refractivity contribution >= 4 is 29.7 Å². The molecule has 0 rings (SSSR count). The number of nitrogens with one attached hydrogen (secondary N) is 3. The molecule has 0 aromatic heterocycles. The molecule has 0 aliphatic carbocycles. The number of hydrogen-bond acceptors (Lipinski definition) is 7. The predicted octanol–water partition coefficient (Wildman–Crippen LogP) is -1.20. The first-order chi connectivity index (χ1) is 14.8. The Bertz CT molecular complexity index is 670. The first-order valence-corrected chi connectivity index (χ1v) is 10.6. The summed E-state index contributed by atoms with van der Waals surface area (Å²) in [5.74, 6) is -5.17.